The first-order valence-electron chi connectivity index (χ1n) is 5.05. The number of likely N-dealkylation sites (N-methyl/N-ethyl adjacent to an activating group) is 1. The maximum absolute atomic E-state index is 5.66. The number of hydrogen-bond acceptors (Lipinski definition) is 3. The summed E-state index contributed by atoms with van der Waals surface area (Å²) in [5, 5.41) is 3.03. The standard InChI is InChI=1S/C12H15Br2NO2/c1-8(6-15-2)7-17-12-5-9(13)11(16-3)4-10(12)14/h4-5,15H,1,6-7H2,2-3H3. The molecule has 0 heterocycles. The van der Waals surface area contributed by atoms with Crippen molar-refractivity contribution in [3.05, 3.63) is 33.2 Å². The average molecular weight is 365 g/mol. The fourth-order valence-corrected chi connectivity index (χ4v) is 2.18. The second-order valence-electron chi connectivity index (χ2n) is 3.49. The Bertz CT molecular complexity index is 408. The van der Waals surface area contributed by atoms with Gasteiger partial charge in [-0.05, 0) is 56.6 Å². The molecule has 5 heteroatoms. The number of nitrogens with one attached hydrogen (secondary N) is 1. The van der Waals surface area contributed by atoms with E-state index in [4.69, 9.17) is 9.47 Å². The fraction of sp³-hybridized carbons (Fsp3) is 0.333. The van der Waals surface area contributed by atoms with Crippen molar-refractivity contribution in [2.75, 3.05) is 27.3 Å². The maximum Gasteiger partial charge on any atom is 0.135 e. The van der Waals surface area contributed by atoms with Crippen molar-refractivity contribution < 1.29 is 9.47 Å². The topological polar surface area (TPSA) is 30.5 Å². The van der Waals surface area contributed by atoms with Crippen LogP contribution in [0, 0.1) is 0 Å². The Balaban J connectivity index is 2.72. The van der Waals surface area contributed by atoms with Crippen molar-refractivity contribution in [1.82, 2.24) is 5.32 Å². The Labute approximate surface area is 118 Å². The summed E-state index contributed by atoms with van der Waals surface area (Å²) < 4.78 is 12.6. The Morgan fingerprint density at radius 3 is 2.47 bits per heavy atom. The van der Waals surface area contributed by atoms with Gasteiger partial charge in [0.15, 0.2) is 0 Å². The van der Waals surface area contributed by atoms with E-state index in [0.717, 1.165) is 32.6 Å². The van der Waals surface area contributed by atoms with Gasteiger partial charge in [-0.25, -0.2) is 0 Å². The number of methoxy groups -OCH3 is 1. The molecule has 0 saturated heterocycles. The van der Waals surface area contributed by atoms with E-state index in [2.05, 4.69) is 43.8 Å². The van der Waals surface area contributed by atoms with E-state index in [-0.39, 0.29) is 0 Å². The van der Waals surface area contributed by atoms with Crippen molar-refractivity contribution in [3.8, 4) is 11.5 Å². The highest BCUT2D eigenvalue weighted by Crippen LogP contribution is 2.36. The summed E-state index contributed by atoms with van der Waals surface area (Å²) >= 11 is 6.86. The summed E-state index contributed by atoms with van der Waals surface area (Å²) in [7, 11) is 3.51. The van der Waals surface area contributed by atoms with Crippen LogP contribution in [0.1, 0.15) is 0 Å². The lowest BCUT2D eigenvalue weighted by Crippen LogP contribution is -2.14. The third-order valence-corrected chi connectivity index (χ3v) is 3.30. The highest BCUT2D eigenvalue weighted by atomic mass is 79.9. The van der Waals surface area contributed by atoms with E-state index in [0.29, 0.717) is 6.61 Å². The Hall–Kier alpha value is -0.520. The number of halogens is 2. The monoisotopic (exact) mass is 363 g/mol. The van der Waals surface area contributed by atoms with Crippen LogP contribution in [0.3, 0.4) is 0 Å². The molecule has 0 aromatic heterocycles. The molecule has 94 valence electrons. The van der Waals surface area contributed by atoms with Gasteiger partial charge in [0.1, 0.15) is 18.1 Å². The lowest BCUT2D eigenvalue weighted by molar-refractivity contribution is 0.345. The van der Waals surface area contributed by atoms with Crippen LogP contribution < -0.4 is 14.8 Å². The smallest absolute Gasteiger partial charge is 0.135 e. The van der Waals surface area contributed by atoms with Crippen LogP contribution in [0.25, 0.3) is 0 Å². The van der Waals surface area contributed by atoms with Crippen LogP contribution in [-0.4, -0.2) is 27.3 Å². The predicted molar refractivity (Wildman–Crippen MR) is 77.0 cm³/mol. The van der Waals surface area contributed by atoms with Crippen LogP contribution in [0.4, 0.5) is 0 Å². The van der Waals surface area contributed by atoms with E-state index in [1.54, 1.807) is 7.11 Å². The quantitative estimate of drug-likeness (QED) is 0.785. The van der Waals surface area contributed by atoms with Gasteiger partial charge >= 0.3 is 0 Å². The number of rotatable bonds is 6. The minimum absolute atomic E-state index is 0.484. The van der Waals surface area contributed by atoms with Gasteiger partial charge in [0.05, 0.1) is 16.1 Å². The highest BCUT2D eigenvalue weighted by Gasteiger charge is 2.08. The first kappa shape index (κ1) is 14.5. The summed E-state index contributed by atoms with van der Waals surface area (Å²) in [6.45, 7) is 5.14. The molecule has 0 amide bonds. The van der Waals surface area contributed by atoms with Gasteiger partial charge in [-0.3, -0.25) is 0 Å². The summed E-state index contributed by atoms with van der Waals surface area (Å²) in [4.78, 5) is 0. The van der Waals surface area contributed by atoms with Gasteiger partial charge in [-0.1, -0.05) is 6.58 Å². The second kappa shape index (κ2) is 7.03. The van der Waals surface area contributed by atoms with Crippen molar-refractivity contribution in [3.63, 3.8) is 0 Å². The molecule has 1 aromatic carbocycles. The molecule has 0 spiro atoms. The Kier molecular flexibility index (Phi) is 6.02. The molecule has 0 bridgehead atoms. The highest BCUT2D eigenvalue weighted by molar-refractivity contribution is 9.11. The van der Waals surface area contributed by atoms with E-state index in [9.17, 15) is 0 Å². The molecule has 3 nitrogen and oxygen atoms in total. The van der Waals surface area contributed by atoms with Crippen molar-refractivity contribution in [2.45, 2.75) is 0 Å². The van der Waals surface area contributed by atoms with Crippen molar-refractivity contribution in [2.24, 2.45) is 0 Å². The minimum atomic E-state index is 0.484. The van der Waals surface area contributed by atoms with Crippen molar-refractivity contribution >= 4 is 31.9 Å². The van der Waals surface area contributed by atoms with Crippen LogP contribution in [0.5, 0.6) is 11.5 Å². The lowest BCUT2D eigenvalue weighted by Gasteiger charge is -2.12. The molecular formula is C12H15Br2NO2. The molecule has 0 radical (unpaired) electrons. The number of benzene rings is 1. The van der Waals surface area contributed by atoms with Crippen LogP contribution in [0.15, 0.2) is 33.2 Å². The van der Waals surface area contributed by atoms with Crippen LogP contribution in [-0.2, 0) is 0 Å². The molecule has 0 fully saturated rings. The molecule has 0 aliphatic carbocycles. The predicted octanol–water partition coefficient (Wildman–Crippen LogP) is 3.37. The SMILES string of the molecule is C=C(CNC)COc1cc(Br)c(OC)cc1Br. The summed E-state index contributed by atoms with van der Waals surface area (Å²) in [6.07, 6.45) is 0. The molecular weight excluding hydrogens is 350 g/mol. The zero-order valence-electron chi connectivity index (χ0n) is 9.85. The summed E-state index contributed by atoms with van der Waals surface area (Å²) in [5.74, 6) is 1.52. The van der Waals surface area contributed by atoms with Gasteiger partial charge in [0.25, 0.3) is 0 Å². The second-order valence-corrected chi connectivity index (χ2v) is 5.19. The molecule has 1 rings (SSSR count). The first-order chi connectivity index (χ1) is 8.08. The molecule has 0 aliphatic rings. The third kappa shape index (κ3) is 4.33. The van der Waals surface area contributed by atoms with Gasteiger partial charge in [0.2, 0.25) is 0 Å². The normalized spacial score (nSPS) is 10.1. The molecule has 0 atom stereocenters. The van der Waals surface area contributed by atoms with Gasteiger partial charge in [-0.2, -0.15) is 0 Å². The first-order valence-corrected chi connectivity index (χ1v) is 6.64. The minimum Gasteiger partial charge on any atom is -0.496 e. The Morgan fingerprint density at radius 1 is 1.29 bits per heavy atom. The number of hydrogen-bond donors (Lipinski definition) is 1. The van der Waals surface area contributed by atoms with E-state index in [1.807, 2.05) is 19.2 Å². The largest absolute Gasteiger partial charge is 0.496 e. The number of ether oxygens (including phenoxy) is 2. The van der Waals surface area contributed by atoms with E-state index < -0.39 is 0 Å². The van der Waals surface area contributed by atoms with Gasteiger partial charge in [-0.15, -0.1) is 0 Å². The Morgan fingerprint density at radius 2 is 1.88 bits per heavy atom. The van der Waals surface area contributed by atoms with Crippen molar-refractivity contribution in [1.29, 1.82) is 0 Å². The third-order valence-electron chi connectivity index (χ3n) is 2.06. The fourth-order valence-electron chi connectivity index (χ4n) is 1.26. The molecule has 1 aromatic rings. The molecule has 0 unspecified atom stereocenters. The van der Waals surface area contributed by atoms with Gasteiger partial charge < -0.3 is 14.8 Å². The van der Waals surface area contributed by atoms with Crippen LogP contribution in [0.2, 0.25) is 0 Å². The molecule has 1 N–H and O–H groups in total. The summed E-state index contributed by atoms with van der Waals surface area (Å²) in [5.41, 5.74) is 0.992. The summed E-state index contributed by atoms with van der Waals surface area (Å²) in [6, 6.07) is 3.73. The molecule has 0 aliphatic heterocycles. The van der Waals surface area contributed by atoms with E-state index >= 15 is 0 Å². The maximum atomic E-state index is 5.66. The molecule has 17 heavy (non-hydrogen) atoms. The van der Waals surface area contributed by atoms with Crippen LogP contribution >= 0.6 is 31.9 Å². The molecule has 0 saturated carbocycles. The zero-order chi connectivity index (χ0) is 12.8. The average Bonchev–Trinajstić information content (AvgIpc) is 2.30. The zero-order valence-corrected chi connectivity index (χ0v) is 13.0. The van der Waals surface area contributed by atoms with E-state index in [1.165, 1.54) is 0 Å². The van der Waals surface area contributed by atoms with Gasteiger partial charge in [0, 0.05) is 6.54 Å². The lowest BCUT2D eigenvalue weighted by atomic mass is 10.3.